The van der Waals surface area contributed by atoms with Crippen molar-refractivity contribution in [1.29, 1.82) is 0 Å². The molecular weight excluding hydrogens is 320 g/mol. The summed E-state index contributed by atoms with van der Waals surface area (Å²) in [5.74, 6) is 0.142. The van der Waals surface area contributed by atoms with Gasteiger partial charge in [-0.1, -0.05) is 17.7 Å². The highest BCUT2D eigenvalue weighted by Crippen LogP contribution is 2.27. The minimum Gasteiger partial charge on any atom is -0.355 e. The van der Waals surface area contributed by atoms with Crippen LogP contribution in [0.2, 0.25) is 0 Å². The minimum absolute atomic E-state index is 0.0629. The average Bonchev–Trinajstić information content (AvgIpc) is 2.53. The first kappa shape index (κ1) is 18.1. The number of aryl methyl sites for hydroxylation is 3. The molecule has 0 aromatic heterocycles. The first-order valence-electron chi connectivity index (χ1n) is 7.73. The van der Waals surface area contributed by atoms with Crippen LogP contribution in [0.5, 0.6) is 0 Å². The van der Waals surface area contributed by atoms with E-state index in [0.29, 0.717) is 17.0 Å². The lowest BCUT2D eigenvalue weighted by atomic mass is 10.1. The number of hydrogen-bond acceptors (Lipinski definition) is 3. The molecule has 0 heterocycles. The van der Waals surface area contributed by atoms with Crippen molar-refractivity contribution in [3.05, 3.63) is 58.7 Å². The third kappa shape index (κ3) is 4.61. The van der Waals surface area contributed by atoms with Crippen LogP contribution in [-0.4, -0.2) is 24.6 Å². The molecule has 0 spiro atoms. The van der Waals surface area contributed by atoms with Crippen LogP contribution in [0.1, 0.15) is 27.0 Å². The third-order valence-electron chi connectivity index (χ3n) is 3.61. The Morgan fingerprint density at radius 3 is 2.12 bits per heavy atom. The van der Waals surface area contributed by atoms with Crippen molar-refractivity contribution in [2.24, 2.45) is 0 Å². The maximum absolute atomic E-state index is 12.1. The van der Waals surface area contributed by atoms with Gasteiger partial charge in [0.1, 0.15) is 0 Å². The second-order valence-corrected chi connectivity index (χ2v) is 6.71. The van der Waals surface area contributed by atoms with E-state index in [-0.39, 0.29) is 11.8 Å². The largest absolute Gasteiger partial charge is 0.355 e. The van der Waals surface area contributed by atoms with E-state index in [1.54, 1.807) is 43.1 Å². The topological polar surface area (TPSA) is 58.2 Å². The molecule has 0 fully saturated rings. The van der Waals surface area contributed by atoms with Crippen molar-refractivity contribution in [3.8, 4) is 0 Å². The lowest BCUT2D eigenvalue weighted by Crippen LogP contribution is -2.18. The van der Waals surface area contributed by atoms with Crippen molar-refractivity contribution in [2.75, 3.05) is 18.1 Å². The number of anilines is 1. The molecule has 2 aromatic rings. The molecular formula is C19H22N2O2S. The van der Waals surface area contributed by atoms with Gasteiger partial charge in [-0.2, -0.15) is 0 Å². The normalized spacial score (nSPS) is 10.3. The van der Waals surface area contributed by atoms with Gasteiger partial charge in [-0.3, -0.25) is 9.59 Å². The Morgan fingerprint density at radius 2 is 1.58 bits per heavy atom. The zero-order chi connectivity index (χ0) is 17.7. The third-order valence-corrected chi connectivity index (χ3v) is 4.95. The van der Waals surface area contributed by atoms with Gasteiger partial charge in [0.25, 0.3) is 5.91 Å². The Kier molecular flexibility index (Phi) is 6.04. The van der Waals surface area contributed by atoms with E-state index in [1.165, 1.54) is 16.7 Å². The van der Waals surface area contributed by atoms with E-state index < -0.39 is 0 Å². The fourth-order valence-corrected chi connectivity index (χ4v) is 3.50. The van der Waals surface area contributed by atoms with E-state index in [1.807, 2.05) is 0 Å². The van der Waals surface area contributed by atoms with Crippen LogP contribution < -0.4 is 10.6 Å². The summed E-state index contributed by atoms with van der Waals surface area (Å²) in [4.78, 5) is 24.8. The van der Waals surface area contributed by atoms with Crippen LogP contribution in [0.15, 0.2) is 41.3 Å². The lowest BCUT2D eigenvalue weighted by Gasteiger charge is -2.11. The van der Waals surface area contributed by atoms with Crippen LogP contribution in [0.3, 0.4) is 0 Å². The standard InChI is InChI=1S/C19H22N2O2S/c1-12-9-13(2)18(14(3)10-12)24-11-17(22)21-16-7-5-15(6-8-16)19(23)20-4/h5-10H,11H2,1-4H3,(H,20,23)(H,21,22). The van der Waals surface area contributed by atoms with Crippen molar-refractivity contribution in [3.63, 3.8) is 0 Å². The molecule has 2 amide bonds. The summed E-state index contributed by atoms with van der Waals surface area (Å²) in [5, 5.41) is 5.42. The van der Waals surface area contributed by atoms with Crippen LogP contribution >= 0.6 is 11.8 Å². The Balaban J connectivity index is 1.95. The molecule has 0 aliphatic carbocycles. The predicted molar refractivity (Wildman–Crippen MR) is 99.8 cm³/mol. The zero-order valence-electron chi connectivity index (χ0n) is 14.4. The summed E-state index contributed by atoms with van der Waals surface area (Å²) in [6.45, 7) is 6.21. The summed E-state index contributed by atoms with van der Waals surface area (Å²) in [5.41, 5.74) is 4.87. The van der Waals surface area contributed by atoms with Crippen molar-refractivity contribution in [1.82, 2.24) is 5.32 Å². The van der Waals surface area contributed by atoms with Gasteiger partial charge in [0, 0.05) is 23.2 Å². The molecule has 0 aliphatic rings. The second-order valence-electron chi connectivity index (χ2n) is 5.72. The molecule has 0 saturated heterocycles. The summed E-state index contributed by atoms with van der Waals surface area (Å²) in [6, 6.07) is 11.1. The summed E-state index contributed by atoms with van der Waals surface area (Å²) in [6.07, 6.45) is 0. The molecule has 0 atom stereocenters. The first-order valence-corrected chi connectivity index (χ1v) is 8.72. The van der Waals surface area contributed by atoms with Crippen LogP contribution in [-0.2, 0) is 4.79 Å². The molecule has 0 aliphatic heterocycles. The van der Waals surface area contributed by atoms with E-state index in [2.05, 4.69) is 43.5 Å². The molecule has 2 rings (SSSR count). The van der Waals surface area contributed by atoms with Crippen LogP contribution in [0.25, 0.3) is 0 Å². The van der Waals surface area contributed by atoms with Gasteiger partial charge < -0.3 is 10.6 Å². The number of thioether (sulfide) groups is 1. The van der Waals surface area contributed by atoms with Gasteiger partial charge >= 0.3 is 0 Å². The highest BCUT2D eigenvalue weighted by atomic mass is 32.2. The second kappa shape index (κ2) is 8.02. The first-order chi connectivity index (χ1) is 11.4. The average molecular weight is 342 g/mol. The summed E-state index contributed by atoms with van der Waals surface area (Å²) >= 11 is 1.55. The molecule has 126 valence electrons. The molecule has 5 heteroatoms. The number of carbonyl (C=O) groups is 2. The lowest BCUT2D eigenvalue weighted by molar-refractivity contribution is -0.113. The monoisotopic (exact) mass is 342 g/mol. The quantitative estimate of drug-likeness (QED) is 0.815. The maximum Gasteiger partial charge on any atom is 0.251 e. The molecule has 2 aromatic carbocycles. The molecule has 0 saturated carbocycles. The summed E-state index contributed by atoms with van der Waals surface area (Å²) in [7, 11) is 1.59. The van der Waals surface area contributed by atoms with Gasteiger partial charge in [-0.05, 0) is 56.2 Å². The fraction of sp³-hybridized carbons (Fsp3) is 0.263. The molecule has 0 unspecified atom stereocenters. The number of amides is 2. The van der Waals surface area contributed by atoms with Gasteiger partial charge in [-0.15, -0.1) is 11.8 Å². The summed E-state index contributed by atoms with van der Waals surface area (Å²) < 4.78 is 0. The van der Waals surface area contributed by atoms with Crippen molar-refractivity contribution >= 4 is 29.3 Å². The Labute approximate surface area is 147 Å². The molecule has 2 N–H and O–H groups in total. The van der Waals surface area contributed by atoms with E-state index in [9.17, 15) is 9.59 Å². The highest BCUT2D eigenvalue weighted by molar-refractivity contribution is 8.00. The molecule has 0 bridgehead atoms. The number of carbonyl (C=O) groups excluding carboxylic acids is 2. The smallest absolute Gasteiger partial charge is 0.251 e. The number of benzene rings is 2. The number of hydrogen-bond donors (Lipinski definition) is 2. The van der Waals surface area contributed by atoms with Crippen molar-refractivity contribution in [2.45, 2.75) is 25.7 Å². The fourth-order valence-electron chi connectivity index (χ4n) is 2.58. The van der Waals surface area contributed by atoms with E-state index in [4.69, 9.17) is 0 Å². The van der Waals surface area contributed by atoms with E-state index >= 15 is 0 Å². The van der Waals surface area contributed by atoms with Crippen LogP contribution in [0, 0.1) is 20.8 Å². The molecule has 4 nitrogen and oxygen atoms in total. The Bertz CT molecular complexity index is 731. The number of rotatable bonds is 5. The molecule has 0 radical (unpaired) electrons. The number of nitrogens with one attached hydrogen (secondary N) is 2. The predicted octanol–water partition coefficient (Wildman–Crippen LogP) is 3.70. The van der Waals surface area contributed by atoms with Gasteiger partial charge in [0.05, 0.1) is 5.75 Å². The zero-order valence-corrected chi connectivity index (χ0v) is 15.2. The Morgan fingerprint density at radius 1 is 1.00 bits per heavy atom. The van der Waals surface area contributed by atoms with Crippen LogP contribution in [0.4, 0.5) is 5.69 Å². The maximum atomic E-state index is 12.1. The van der Waals surface area contributed by atoms with Gasteiger partial charge in [0.15, 0.2) is 0 Å². The van der Waals surface area contributed by atoms with Gasteiger partial charge in [-0.25, -0.2) is 0 Å². The minimum atomic E-state index is -0.145. The van der Waals surface area contributed by atoms with E-state index in [0.717, 1.165) is 4.90 Å². The molecule has 24 heavy (non-hydrogen) atoms. The SMILES string of the molecule is CNC(=O)c1ccc(NC(=O)CSc2c(C)cc(C)cc2C)cc1. The van der Waals surface area contributed by atoms with Gasteiger partial charge in [0.2, 0.25) is 5.91 Å². The highest BCUT2D eigenvalue weighted by Gasteiger charge is 2.09. The Hall–Kier alpha value is -2.27. The van der Waals surface area contributed by atoms with Crippen molar-refractivity contribution < 1.29 is 9.59 Å².